The Balaban J connectivity index is 1.92. The minimum atomic E-state index is 0.501. The summed E-state index contributed by atoms with van der Waals surface area (Å²) < 4.78 is 5.54. The number of guanidine groups is 1. The van der Waals surface area contributed by atoms with E-state index in [4.69, 9.17) is 16.3 Å². The maximum atomic E-state index is 5.80. The van der Waals surface area contributed by atoms with Gasteiger partial charge in [-0.25, -0.2) is 15.0 Å². The van der Waals surface area contributed by atoms with Crippen molar-refractivity contribution >= 4 is 17.6 Å². The van der Waals surface area contributed by atoms with Crippen LogP contribution in [0.2, 0.25) is 5.15 Å². The second kappa shape index (κ2) is 10.5. The Morgan fingerprint density at radius 2 is 2.08 bits per heavy atom. The number of hydrogen-bond donors (Lipinski definition) is 2. The molecular formula is C18H24ClN5O. The molecule has 0 atom stereocenters. The van der Waals surface area contributed by atoms with Gasteiger partial charge in [-0.3, -0.25) is 0 Å². The van der Waals surface area contributed by atoms with E-state index < -0.39 is 0 Å². The SMILES string of the molecule is CCNC(=NCc1cccnc1OCC)NCCc1ccc(Cl)nc1. The predicted molar refractivity (Wildman–Crippen MR) is 101 cm³/mol. The Kier molecular flexibility index (Phi) is 7.98. The predicted octanol–water partition coefficient (Wildman–Crippen LogP) is 2.83. The lowest BCUT2D eigenvalue weighted by Gasteiger charge is -2.12. The van der Waals surface area contributed by atoms with Crippen LogP contribution in [-0.4, -0.2) is 35.6 Å². The molecule has 0 saturated carbocycles. The van der Waals surface area contributed by atoms with Gasteiger partial charge in [-0.15, -0.1) is 0 Å². The molecule has 0 aliphatic rings. The molecular weight excluding hydrogens is 338 g/mol. The van der Waals surface area contributed by atoms with Gasteiger partial charge in [0.2, 0.25) is 5.88 Å². The fourth-order valence-corrected chi connectivity index (χ4v) is 2.31. The fraction of sp³-hybridized carbons (Fsp3) is 0.389. The molecule has 7 heteroatoms. The fourth-order valence-electron chi connectivity index (χ4n) is 2.20. The van der Waals surface area contributed by atoms with Gasteiger partial charge in [0.15, 0.2) is 5.96 Å². The molecule has 134 valence electrons. The van der Waals surface area contributed by atoms with Crippen LogP contribution in [0.3, 0.4) is 0 Å². The van der Waals surface area contributed by atoms with Gasteiger partial charge in [0.1, 0.15) is 5.15 Å². The first-order chi connectivity index (χ1) is 12.2. The lowest BCUT2D eigenvalue weighted by molar-refractivity contribution is 0.323. The molecule has 2 aromatic rings. The standard InChI is InChI=1S/C18H24ClN5O/c1-3-20-18(22-11-9-14-7-8-16(19)23-12-14)24-13-15-6-5-10-21-17(15)25-4-2/h5-8,10,12H,3-4,9,11,13H2,1-2H3,(H2,20,22,24). The molecule has 0 spiro atoms. The van der Waals surface area contributed by atoms with Crippen molar-refractivity contribution in [2.45, 2.75) is 26.8 Å². The highest BCUT2D eigenvalue weighted by Crippen LogP contribution is 2.15. The van der Waals surface area contributed by atoms with Gasteiger partial charge in [0.25, 0.3) is 0 Å². The highest BCUT2D eigenvalue weighted by Gasteiger charge is 2.04. The van der Waals surface area contributed by atoms with Crippen LogP contribution in [0.15, 0.2) is 41.7 Å². The molecule has 0 aliphatic heterocycles. The number of ether oxygens (including phenoxy) is 1. The van der Waals surface area contributed by atoms with E-state index in [0.29, 0.717) is 24.2 Å². The van der Waals surface area contributed by atoms with E-state index >= 15 is 0 Å². The number of rotatable bonds is 8. The monoisotopic (exact) mass is 361 g/mol. The zero-order valence-corrected chi connectivity index (χ0v) is 15.4. The van der Waals surface area contributed by atoms with Crippen LogP contribution in [0.25, 0.3) is 0 Å². The molecule has 6 nitrogen and oxygen atoms in total. The third-order valence-corrected chi connectivity index (χ3v) is 3.60. The summed E-state index contributed by atoms with van der Waals surface area (Å²) in [6.45, 7) is 6.61. The average Bonchev–Trinajstić information content (AvgIpc) is 2.62. The summed E-state index contributed by atoms with van der Waals surface area (Å²) in [7, 11) is 0. The van der Waals surface area contributed by atoms with Gasteiger partial charge >= 0.3 is 0 Å². The molecule has 2 rings (SSSR count). The summed E-state index contributed by atoms with van der Waals surface area (Å²) in [5, 5.41) is 7.07. The van der Waals surface area contributed by atoms with Crippen LogP contribution < -0.4 is 15.4 Å². The van der Waals surface area contributed by atoms with Gasteiger partial charge in [-0.1, -0.05) is 23.7 Å². The normalized spacial score (nSPS) is 11.2. The Hall–Kier alpha value is -2.34. The molecule has 2 aromatic heterocycles. The maximum absolute atomic E-state index is 5.80. The van der Waals surface area contributed by atoms with Gasteiger partial charge in [-0.2, -0.15) is 0 Å². The van der Waals surface area contributed by atoms with Crippen LogP contribution >= 0.6 is 11.6 Å². The zero-order valence-electron chi connectivity index (χ0n) is 14.6. The highest BCUT2D eigenvalue weighted by molar-refractivity contribution is 6.29. The van der Waals surface area contributed by atoms with E-state index in [1.165, 1.54) is 0 Å². The van der Waals surface area contributed by atoms with Gasteiger partial charge in [-0.05, 0) is 38.0 Å². The van der Waals surface area contributed by atoms with Gasteiger partial charge in [0, 0.05) is 31.0 Å². The molecule has 2 N–H and O–H groups in total. The van der Waals surface area contributed by atoms with Crippen molar-refractivity contribution in [3.63, 3.8) is 0 Å². The van der Waals surface area contributed by atoms with Crippen molar-refractivity contribution in [2.75, 3.05) is 19.7 Å². The number of nitrogens with zero attached hydrogens (tertiary/aromatic N) is 3. The largest absolute Gasteiger partial charge is 0.478 e. The first-order valence-electron chi connectivity index (χ1n) is 8.42. The highest BCUT2D eigenvalue weighted by atomic mass is 35.5. The van der Waals surface area contributed by atoms with Crippen molar-refractivity contribution < 1.29 is 4.74 Å². The van der Waals surface area contributed by atoms with Crippen LogP contribution in [0.1, 0.15) is 25.0 Å². The number of pyridine rings is 2. The van der Waals surface area contributed by atoms with E-state index in [-0.39, 0.29) is 0 Å². The van der Waals surface area contributed by atoms with E-state index in [9.17, 15) is 0 Å². The Labute approximate surface area is 153 Å². The van der Waals surface area contributed by atoms with Crippen LogP contribution in [-0.2, 0) is 13.0 Å². The summed E-state index contributed by atoms with van der Waals surface area (Å²) in [6.07, 6.45) is 4.35. The topological polar surface area (TPSA) is 71.4 Å². The van der Waals surface area contributed by atoms with Crippen molar-refractivity contribution in [1.82, 2.24) is 20.6 Å². The second-order valence-corrected chi connectivity index (χ2v) is 5.65. The van der Waals surface area contributed by atoms with Crippen molar-refractivity contribution in [3.05, 3.63) is 52.9 Å². The lowest BCUT2D eigenvalue weighted by Crippen LogP contribution is -2.38. The van der Waals surface area contributed by atoms with Crippen LogP contribution in [0, 0.1) is 0 Å². The first kappa shape index (κ1) is 19.0. The molecule has 0 unspecified atom stereocenters. The van der Waals surface area contributed by atoms with E-state index in [1.54, 1.807) is 18.5 Å². The number of aromatic nitrogens is 2. The molecule has 0 bridgehead atoms. The summed E-state index contributed by atoms with van der Waals surface area (Å²) in [5.41, 5.74) is 2.09. The molecule has 25 heavy (non-hydrogen) atoms. The molecule has 0 amide bonds. The van der Waals surface area contributed by atoms with E-state index in [1.807, 2.05) is 32.0 Å². The van der Waals surface area contributed by atoms with E-state index in [2.05, 4.69) is 25.6 Å². The molecule has 0 fully saturated rings. The minimum absolute atomic E-state index is 0.501. The Bertz CT molecular complexity index is 675. The van der Waals surface area contributed by atoms with Crippen molar-refractivity contribution in [3.8, 4) is 5.88 Å². The summed E-state index contributed by atoms with van der Waals surface area (Å²) in [5.74, 6) is 1.40. The third kappa shape index (κ3) is 6.58. The summed E-state index contributed by atoms with van der Waals surface area (Å²) in [4.78, 5) is 12.9. The third-order valence-electron chi connectivity index (χ3n) is 3.38. The smallest absolute Gasteiger partial charge is 0.218 e. The molecule has 0 aromatic carbocycles. The first-order valence-corrected chi connectivity index (χ1v) is 8.80. The molecule has 0 radical (unpaired) electrons. The number of aliphatic imine (C=N–C) groups is 1. The molecule has 0 saturated heterocycles. The van der Waals surface area contributed by atoms with Crippen molar-refractivity contribution in [1.29, 1.82) is 0 Å². The molecule has 0 aliphatic carbocycles. The average molecular weight is 362 g/mol. The lowest BCUT2D eigenvalue weighted by atomic mass is 10.2. The minimum Gasteiger partial charge on any atom is -0.478 e. The number of nitrogens with one attached hydrogen (secondary N) is 2. The quantitative estimate of drug-likeness (QED) is 0.430. The van der Waals surface area contributed by atoms with Gasteiger partial charge in [0.05, 0.1) is 13.2 Å². The zero-order chi connectivity index (χ0) is 17.9. The molecule has 2 heterocycles. The maximum Gasteiger partial charge on any atom is 0.218 e. The number of hydrogen-bond acceptors (Lipinski definition) is 4. The summed E-state index contributed by atoms with van der Waals surface area (Å²) >= 11 is 5.80. The Morgan fingerprint density at radius 3 is 2.80 bits per heavy atom. The number of halogens is 1. The van der Waals surface area contributed by atoms with Crippen LogP contribution in [0.4, 0.5) is 0 Å². The Morgan fingerprint density at radius 1 is 1.20 bits per heavy atom. The van der Waals surface area contributed by atoms with Crippen molar-refractivity contribution in [2.24, 2.45) is 4.99 Å². The second-order valence-electron chi connectivity index (χ2n) is 5.26. The van der Waals surface area contributed by atoms with E-state index in [0.717, 1.165) is 36.6 Å². The van der Waals surface area contributed by atoms with Crippen LogP contribution in [0.5, 0.6) is 5.88 Å². The summed E-state index contributed by atoms with van der Waals surface area (Å²) in [6, 6.07) is 7.64. The van der Waals surface area contributed by atoms with Gasteiger partial charge < -0.3 is 15.4 Å².